The highest BCUT2D eigenvalue weighted by Gasteiger charge is 2.17. The minimum Gasteiger partial charge on any atom is -0.487 e. The molecule has 0 amide bonds. The molecule has 1 aromatic carbocycles. The maximum absolute atomic E-state index is 10.9. The molecule has 6 heteroatoms. The fourth-order valence-corrected chi connectivity index (χ4v) is 1.65. The number of benzene rings is 1. The van der Waals surface area contributed by atoms with E-state index in [1.807, 2.05) is 20.8 Å². The second-order valence-electron chi connectivity index (χ2n) is 4.88. The molecule has 20 heavy (non-hydrogen) atoms. The van der Waals surface area contributed by atoms with E-state index in [1.54, 1.807) is 12.1 Å². The van der Waals surface area contributed by atoms with Gasteiger partial charge < -0.3 is 15.2 Å². The van der Waals surface area contributed by atoms with Gasteiger partial charge in [-0.2, -0.15) is 0 Å². The summed E-state index contributed by atoms with van der Waals surface area (Å²) in [4.78, 5) is 10.5. The molecule has 0 bridgehead atoms. The zero-order valence-corrected chi connectivity index (χ0v) is 12.1. The van der Waals surface area contributed by atoms with Crippen molar-refractivity contribution in [1.82, 2.24) is 0 Å². The average molecular weight is 282 g/mol. The summed E-state index contributed by atoms with van der Waals surface area (Å²) < 4.78 is 5.43. The Kier molecular flexibility index (Phi) is 6.24. The SMILES string of the molecule is CCCOc1cc(NC(C)C(C)CO)ccc1[N+](=O)[O-]. The van der Waals surface area contributed by atoms with Gasteiger partial charge in [-0.05, 0) is 25.3 Å². The van der Waals surface area contributed by atoms with Crippen molar-refractivity contribution in [2.45, 2.75) is 33.2 Å². The van der Waals surface area contributed by atoms with Crippen molar-refractivity contribution in [2.75, 3.05) is 18.5 Å². The van der Waals surface area contributed by atoms with Gasteiger partial charge >= 0.3 is 5.69 Å². The van der Waals surface area contributed by atoms with Crippen LogP contribution < -0.4 is 10.1 Å². The lowest BCUT2D eigenvalue weighted by molar-refractivity contribution is -0.385. The minimum atomic E-state index is -0.450. The third kappa shape index (κ3) is 4.38. The molecule has 2 unspecified atom stereocenters. The zero-order valence-electron chi connectivity index (χ0n) is 12.1. The smallest absolute Gasteiger partial charge is 0.311 e. The summed E-state index contributed by atoms with van der Waals surface area (Å²) in [6.45, 7) is 6.35. The van der Waals surface area contributed by atoms with Gasteiger partial charge in [0.15, 0.2) is 5.75 Å². The van der Waals surface area contributed by atoms with E-state index in [9.17, 15) is 10.1 Å². The second-order valence-corrected chi connectivity index (χ2v) is 4.88. The van der Waals surface area contributed by atoms with E-state index in [0.717, 1.165) is 12.1 Å². The quantitative estimate of drug-likeness (QED) is 0.565. The summed E-state index contributed by atoms with van der Waals surface area (Å²) >= 11 is 0. The van der Waals surface area contributed by atoms with Gasteiger partial charge in [-0.3, -0.25) is 10.1 Å². The molecule has 1 aromatic rings. The van der Waals surface area contributed by atoms with Crippen molar-refractivity contribution in [3.05, 3.63) is 28.3 Å². The predicted molar refractivity (Wildman–Crippen MR) is 78.2 cm³/mol. The average Bonchev–Trinajstić information content (AvgIpc) is 2.43. The monoisotopic (exact) mass is 282 g/mol. The number of hydrogen-bond acceptors (Lipinski definition) is 5. The first-order valence-corrected chi connectivity index (χ1v) is 6.78. The summed E-state index contributed by atoms with van der Waals surface area (Å²) in [6.07, 6.45) is 0.784. The molecule has 0 aliphatic carbocycles. The third-order valence-corrected chi connectivity index (χ3v) is 3.15. The Labute approximate surface area is 118 Å². The normalized spacial score (nSPS) is 13.6. The minimum absolute atomic E-state index is 0.0353. The molecule has 0 spiro atoms. The molecular formula is C14H22N2O4. The van der Waals surface area contributed by atoms with Crippen molar-refractivity contribution >= 4 is 11.4 Å². The van der Waals surface area contributed by atoms with Crippen molar-refractivity contribution in [3.8, 4) is 5.75 Å². The van der Waals surface area contributed by atoms with Crippen LogP contribution in [0.2, 0.25) is 0 Å². The maximum atomic E-state index is 10.9. The van der Waals surface area contributed by atoms with Crippen LogP contribution in [-0.2, 0) is 0 Å². The first-order valence-electron chi connectivity index (χ1n) is 6.78. The van der Waals surface area contributed by atoms with Gasteiger partial charge in [0.05, 0.1) is 11.5 Å². The highest BCUT2D eigenvalue weighted by molar-refractivity contribution is 5.58. The number of ether oxygens (including phenoxy) is 1. The maximum Gasteiger partial charge on any atom is 0.311 e. The van der Waals surface area contributed by atoms with Crippen LogP contribution >= 0.6 is 0 Å². The number of aliphatic hydroxyl groups excluding tert-OH is 1. The van der Waals surface area contributed by atoms with Crippen LogP contribution in [0.25, 0.3) is 0 Å². The number of nitro benzene ring substituents is 1. The van der Waals surface area contributed by atoms with E-state index < -0.39 is 4.92 Å². The van der Waals surface area contributed by atoms with E-state index in [2.05, 4.69) is 5.32 Å². The van der Waals surface area contributed by atoms with Crippen molar-refractivity contribution in [3.63, 3.8) is 0 Å². The summed E-state index contributed by atoms with van der Waals surface area (Å²) in [5, 5.41) is 23.3. The highest BCUT2D eigenvalue weighted by atomic mass is 16.6. The summed E-state index contributed by atoms with van der Waals surface area (Å²) in [6, 6.07) is 4.77. The number of aliphatic hydroxyl groups is 1. The highest BCUT2D eigenvalue weighted by Crippen LogP contribution is 2.30. The largest absolute Gasteiger partial charge is 0.487 e. The number of nitro groups is 1. The van der Waals surface area contributed by atoms with Gasteiger partial charge in [0.25, 0.3) is 0 Å². The Bertz CT molecular complexity index is 451. The molecule has 2 N–H and O–H groups in total. The molecule has 1 rings (SSSR count). The first kappa shape index (κ1) is 16.2. The molecule has 0 heterocycles. The van der Waals surface area contributed by atoms with Crippen LogP contribution in [0, 0.1) is 16.0 Å². The summed E-state index contributed by atoms with van der Waals surface area (Å²) in [5.74, 6) is 0.357. The van der Waals surface area contributed by atoms with Gasteiger partial charge in [-0.15, -0.1) is 0 Å². The van der Waals surface area contributed by atoms with Crippen LogP contribution in [0.1, 0.15) is 27.2 Å². The number of nitrogens with zero attached hydrogens (tertiary/aromatic N) is 1. The number of anilines is 1. The standard InChI is InChI=1S/C14H22N2O4/c1-4-7-20-14-8-12(5-6-13(14)16(18)19)15-11(3)10(2)9-17/h5-6,8,10-11,15,17H,4,7,9H2,1-3H3. The molecule has 2 atom stereocenters. The molecule has 0 aliphatic rings. The first-order chi connectivity index (χ1) is 9.49. The molecule has 6 nitrogen and oxygen atoms in total. The molecule has 0 aliphatic heterocycles. The molecule has 0 fully saturated rings. The lowest BCUT2D eigenvalue weighted by Crippen LogP contribution is -2.26. The van der Waals surface area contributed by atoms with Crippen LogP contribution in [-0.4, -0.2) is 29.3 Å². The Morgan fingerprint density at radius 3 is 2.70 bits per heavy atom. The summed E-state index contributed by atoms with van der Waals surface area (Å²) in [7, 11) is 0. The van der Waals surface area contributed by atoms with Gasteiger partial charge in [0.2, 0.25) is 0 Å². The van der Waals surface area contributed by atoms with Crippen molar-refractivity contribution in [1.29, 1.82) is 0 Å². The van der Waals surface area contributed by atoms with Crippen molar-refractivity contribution in [2.24, 2.45) is 5.92 Å². The Morgan fingerprint density at radius 1 is 1.45 bits per heavy atom. The fourth-order valence-electron chi connectivity index (χ4n) is 1.65. The second kappa shape index (κ2) is 7.69. The Balaban J connectivity index is 2.91. The zero-order chi connectivity index (χ0) is 15.1. The van der Waals surface area contributed by atoms with E-state index in [-0.39, 0.29) is 30.0 Å². The fraction of sp³-hybridized carbons (Fsp3) is 0.571. The molecule has 0 aromatic heterocycles. The number of rotatable bonds is 8. The lowest BCUT2D eigenvalue weighted by atomic mass is 10.0. The van der Waals surface area contributed by atoms with Crippen LogP contribution in [0.15, 0.2) is 18.2 Å². The van der Waals surface area contributed by atoms with Gasteiger partial charge in [0, 0.05) is 30.5 Å². The van der Waals surface area contributed by atoms with E-state index in [0.29, 0.717) is 6.61 Å². The van der Waals surface area contributed by atoms with E-state index >= 15 is 0 Å². The Morgan fingerprint density at radius 2 is 2.15 bits per heavy atom. The van der Waals surface area contributed by atoms with Crippen molar-refractivity contribution < 1.29 is 14.8 Å². The number of nitrogens with one attached hydrogen (secondary N) is 1. The van der Waals surface area contributed by atoms with Crippen LogP contribution in [0.5, 0.6) is 5.75 Å². The predicted octanol–water partition coefficient (Wildman–Crippen LogP) is 2.81. The van der Waals surface area contributed by atoms with Crippen LogP contribution in [0.3, 0.4) is 0 Å². The molecule has 112 valence electrons. The van der Waals surface area contributed by atoms with Gasteiger partial charge in [-0.25, -0.2) is 0 Å². The molecule has 0 saturated heterocycles. The van der Waals surface area contributed by atoms with E-state index in [4.69, 9.17) is 9.84 Å². The molecular weight excluding hydrogens is 260 g/mol. The third-order valence-electron chi connectivity index (χ3n) is 3.15. The topological polar surface area (TPSA) is 84.6 Å². The lowest BCUT2D eigenvalue weighted by Gasteiger charge is -2.20. The van der Waals surface area contributed by atoms with Crippen LogP contribution in [0.4, 0.5) is 11.4 Å². The number of hydrogen-bond donors (Lipinski definition) is 2. The summed E-state index contributed by atoms with van der Waals surface area (Å²) in [5.41, 5.74) is 0.710. The Hall–Kier alpha value is -1.82. The molecule has 0 saturated carbocycles. The molecule has 0 radical (unpaired) electrons. The van der Waals surface area contributed by atoms with E-state index in [1.165, 1.54) is 6.07 Å². The van der Waals surface area contributed by atoms with Gasteiger partial charge in [0.1, 0.15) is 0 Å². The van der Waals surface area contributed by atoms with Gasteiger partial charge in [-0.1, -0.05) is 13.8 Å².